The Morgan fingerprint density at radius 1 is 1.07 bits per heavy atom. The van der Waals surface area contributed by atoms with Crippen molar-refractivity contribution in [1.82, 2.24) is 14.5 Å². The van der Waals surface area contributed by atoms with Crippen LogP contribution in [0.25, 0.3) is 6.08 Å². The predicted octanol–water partition coefficient (Wildman–Crippen LogP) is 3.63. The van der Waals surface area contributed by atoms with Gasteiger partial charge in [0.1, 0.15) is 11.4 Å². The third kappa shape index (κ3) is 6.38. The summed E-state index contributed by atoms with van der Waals surface area (Å²) in [7, 11) is -3.87. The molecule has 0 unspecified atom stereocenters. The highest BCUT2D eigenvalue weighted by atomic mass is 32.2. The fourth-order valence-electron chi connectivity index (χ4n) is 5.80. The third-order valence-electron chi connectivity index (χ3n) is 8.35. The molecule has 2 aromatic rings. The van der Waals surface area contributed by atoms with Gasteiger partial charge in [0.15, 0.2) is 0 Å². The number of amides is 2. The number of hydrogen-bond acceptors (Lipinski definition) is 6. The van der Waals surface area contributed by atoms with Gasteiger partial charge < -0.3 is 15.3 Å². The number of aliphatic hydroxyl groups excluding tert-OH is 1. The van der Waals surface area contributed by atoms with Crippen LogP contribution in [0.3, 0.4) is 0 Å². The number of carbonyl (C=O) groups excluding carboxylic acids is 2. The van der Waals surface area contributed by atoms with Crippen molar-refractivity contribution in [2.45, 2.75) is 57.3 Å². The number of amidine groups is 1. The van der Waals surface area contributed by atoms with E-state index >= 15 is 0 Å². The molecule has 5 rings (SSSR count). The number of hydrogen-bond donors (Lipinski definition) is 2. The highest BCUT2D eigenvalue weighted by Gasteiger charge is 2.47. The molecule has 0 atom stereocenters. The van der Waals surface area contributed by atoms with E-state index in [1.54, 1.807) is 30.9 Å². The molecule has 13 heteroatoms. The van der Waals surface area contributed by atoms with Gasteiger partial charge in [0, 0.05) is 42.7 Å². The minimum Gasteiger partial charge on any atom is -0.393 e. The molecular formula is C30H33F3N4O5S. The van der Waals surface area contributed by atoms with Crippen molar-refractivity contribution < 1.29 is 36.3 Å². The number of rotatable bonds is 5. The molecule has 1 spiro atoms. The number of alkyl halides is 3. The van der Waals surface area contributed by atoms with Crippen molar-refractivity contribution in [3.63, 3.8) is 0 Å². The Morgan fingerprint density at radius 3 is 2.30 bits per heavy atom. The summed E-state index contributed by atoms with van der Waals surface area (Å²) in [4.78, 5) is 32.0. The zero-order chi connectivity index (χ0) is 31.2. The van der Waals surface area contributed by atoms with Crippen molar-refractivity contribution in [3.8, 4) is 0 Å². The maximum absolute atomic E-state index is 13.2. The third-order valence-corrected chi connectivity index (χ3v) is 9.92. The van der Waals surface area contributed by atoms with Gasteiger partial charge in [-0.2, -0.15) is 17.5 Å². The quantitative estimate of drug-likeness (QED) is 0.531. The maximum Gasteiger partial charge on any atom is 0.416 e. The molecule has 3 heterocycles. The number of sulfonamides is 1. The van der Waals surface area contributed by atoms with Gasteiger partial charge in [0.2, 0.25) is 10.0 Å². The number of aryl methyl sites for hydroxylation is 2. The molecule has 0 bridgehead atoms. The van der Waals surface area contributed by atoms with E-state index in [0.29, 0.717) is 37.1 Å². The molecule has 0 aliphatic carbocycles. The first-order valence-electron chi connectivity index (χ1n) is 14.0. The molecule has 9 nitrogen and oxygen atoms in total. The zero-order valence-electron chi connectivity index (χ0n) is 23.8. The molecule has 2 saturated heterocycles. The molecule has 0 radical (unpaired) electrons. The summed E-state index contributed by atoms with van der Waals surface area (Å²) >= 11 is 0. The number of benzene rings is 2. The van der Waals surface area contributed by atoms with E-state index in [2.05, 4.69) is 10.3 Å². The van der Waals surface area contributed by atoms with Crippen LogP contribution in [0.2, 0.25) is 0 Å². The van der Waals surface area contributed by atoms with E-state index in [1.807, 2.05) is 0 Å². The molecule has 0 aromatic heterocycles. The summed E-state index contributed by atoms with van der Waals surface area (Å²) in [5, 5.41) is 13.4. The van der Waals surface area contributed by atoms with Gasteiger partial charge in [-0.05, 0) is 86.6 Å². The molecule has 0 saturated carbocycles. The van der Waals surface area contributed by atoms with E-state index in [9.17, 15) is 36.3 Å². The number of piperidine rings is 2. The first kappa shape index (κ1) is 30.9. The first-order valence-corrected chi connectivity index (χ1v) is 15.5. The van der Waals surface area contributed by atoms with Gasteiger partial charge in [0.25, 0.3) is 11.8 Å². The normalized spacial score (nSPS) is 20.1. The van der Waals surface area contributed by atoms with Crippen LogP contribution in [0, 0.1) is 13.8 Å². The van der Waals surface area contributed by atoms with Gasteiger partial charge >= 0.3 is 6.18 Å². The summed E-state index contributed by atoms with van der Waals surface area (Å²) < 4.78 is 67.2. The molecule has 2 fully saturated rings. The van der Waals surface area contributed by atoms with Crippen LogP contribution in [0.1, 0.15) is 63.9 Å². The number of likely N-dealkylation sites (tertiary alicyclic amines) is 1. The van der Waals surface area contributed by atoms with E-state index in [1.165, 1.54) is 22.5 Å². The Morgan fingerprint density at radius 2 is 1.70 bits per heavy atom. The van der Waals surface area contributed by atoms with Crippen LogP contribution in [-0.4, -0.2) is 78.2 Å². The van der Waals surface area contributed by atoms with E-state index < -0.39 is 39.3 Å². The van der Waals surface area contributed by atoms with E-state index in [0.717, 1.165) is 28.7 Å². The van der Waals surface area contributed by atoms with Crippen molar-refractivity contribution >= 4 is 33.7 Å². The van der Waals surface area contributed by atoms with Crippen LogP contribution in [0.15, 0.2) is 46.8 Å². The number of nitrogens with zero attached hydrogens (tertiary/aromatic N) is 3. The molecule has 2 aromatic carbocycles. The van der Waals surface area contributed by atoms with Crippen LogP contribution in [0.4, 0.5) is 13.2 Å². The molecule has 43 heavy (non-hydrogen) atoms. The summed E-state index contributed by atoms with van der Waals surface area (Å²) in [6.07, 6.45) is -2.20. The van der Waals surface area contributed by atoms with Gasteiger partial charge in [-0.15, -0.1) is 0 Å². The van der Waals surface area contributed by atoms with E-state index in [-0.39, 0.29) is 43.2 Å². The highest BCUT2D eigenvalue weighted by Crippen LogP contribution is 2.34. The summed E-state index contributed by atoms with van der Waals surface area (Å²) in [6.45, 7) is 4.59. The lowest BCUT2D eigenvalue weighted by Gasteiger charge is -2.34. The molecule has 3 aliphatic heterocycles. The second kappa shape index (κ2) is 11.5. The van der Waals surface area contributed by atoms with Gasteiger partial charge in [-0.3, -0.25) is 14.6 Å². The average molecular weight is 619 g/mol. The number of carbonyl (C=O) groups is 2. The lowest BCUT2D eigenvalue weighted by Crippen LogP contribution is -2.50. The topological polar surface area (TPSA) is 119 Å². The van der Waals surface area contributed by atoms with Crippen LogP contribution in [-0.2, 0) is 21.0 Å². The second-order valence-corrected chi connectivity index (χ2v) is 13.1. The summed E-state index contributed by atoms with van der Waals surface area (Å²) in [6, 6.07) is 8.00. The SMILES string of the molecule is Cc1cc(C(=O)N2CCC(O)CC2)cc(C)c1/C=C/S(=O)(=O)N1CCC2(CC1)N=C(c1cccc(C(F)(F)F)c1)NC2=O. The molecule has 3 aliphatic rings. The fourth-order valence-corrected chi connectivity index (χ4v) is 6.97. The van der Waals surface area contributed by atoms with Crippen molar-refractivity contribution in [1.29, 1.82) is 0 Å². The van der Waals surface area contributed by atoms with Crippen LogP contribution < -0.4 is 5.32 Å². The standard InChI is InChI=1S/C30H33F3N4O5S/c1-19-16-22(27(39)36-11-6-24(38)7-12-36)17-20(2)25(19)8-15-43(41,42)37-13-9-29(10-14-37)28(40)34-26(35-29)21-4-3-5-23(18-21)30(31,32)33/h3-5,8,15-18,24,38H,6-7,9-14H2,1-2H3,(H,34,35,40)/b15-8+. The van der Waals surface area contributed by atoms with Gasteiger partial charge in [-0.1, -0.05) is 12.1 Å². The molecule has 230 valence electrons. The van der Waals surface area contributed by atoms with Gasteiger partial charge in [-0.25, -0.2) is 8.42 Å². The molecule has 2 N–H and O–H groups in total. The van der Waals surface area contributed by atoms with E-state index in [4.69, 9.17) is 0 Å². The monoisotopic (exact) mass is 618 g/mol. The fraction of sp³-hybridized carbons (Fsp3) is 0.433. The Kier molecular flexibility index (Phi) is 8.27. The maximum atomic E-state index is 13.2. The summed E-state index contributed by atoms with van der Waals surface area (Å²) in [5.74, 6) is -0.550. The highest BCUT2D eigenvalue weighted by molar-refractivity contribution is 7.92. The lowest BCUT2D eigenvalue weighted by atomic mass is 9.89. The van der Waals surface area contributed by atoms with Crippen molar-refractivity contribution in [3.05, 3.63) is 75.2 Å². The minimum absolute atomic E-state index is 0.00933. The predicted molar refractivity (Wildman–Crippen MR) is 155 cm³/mol. The van der Waals surface area contributed by atoms with Crippen LogP contribution in [0.5, 0.6) is 0 Å². The van der Waals surface area contributed by atoms with Crippen LogP contribution >= 0.6 is 0 Å². The Balaban J connectivity index is 1.27. The Labute approximate surface area is 248 Å². The lowest BCUT2D eigenvalue weighted by molar-refractivity contribution is -0.137. The number of aliphatic hydroxyl groups is 1. The Hall–Kier alpha value is -3.55. The average Bonchev–Trinajstić information content (AvgIpc) is 3.27. The second-order valence-electron chi connectivity index (χ2n) is 11.3. The summed E-state index contributed by atoms with van der Waals surface area (Å²) in [5.41, 5.74) is 0.686. The Bertz CT molecular complexity index is 1580. The molecule has 2 amide bonds. The van der Waals surface area contributed by atoms with Crippen molar-refractivity contribution in [2.24, 2.45) is 4.99 Å². The zero-order valence-corrected chi connectivity index (χ0v) is 24.6. The van der Waals surface area contributed by atoms with Crippen molar-refractivity contribution in [2.75, 3.05) is 26.2 Å². The number of halogens is 3. The smallest absolute Gasteiger partial charge is 0.393 e. The van der Waals surface area contributed by atoms with Gasteiger partial charge in [0.05, 0.1) is 11.7 Å². The number of aliphatic imine (C=N–C) groups is 1. The number of nitrogens with one attached hydrogen (secondary N) is 1. The first-order chi connectivity index (χ1) is 20.2. The minimum atomic E-state index is -4.54. The molecular weight excluding hydrogens is 585 g/mol. The largest absolute Gasteiger partial charge is 0.416 e.